The van der Waals surface area contributed by atoms with Crippen molar-refractivity contribution in [1.29, 1.82) is 0 Å². The number of anilines is 1. The monoisotopic (exact) mass is 439 g/mol. The first-order chi connectivity index (χ1) is 15.5. The summed E-state index contributed by atoms with van der Waals surface area (Å²) >= 11 is 0. The molecule has 3 rings (SSSR count). The predicted molar refractivity (Wildman–Crippen MR) is 130 cm³/mol. The highest BCUT2D eigenvalue weighted by Crippen LogP contribution is 2.28. The summed E-state index contributed by atoms with van der Waals surface area (Å²) in [6.45, 7) is 10.7. The first kappa shape index (κ1) is 24.1. The summed E-state index contributed by atoms with van der Waals surface area (Å²) in [7, 11) is 3.38. The van der Waals surface area contributed by atoms with Gasteiger partial charge in [0.25, 0.3) is 0 Å². The molecule has 2 atom stereocenters. The summed E-state index contributed by atoms with van der Waals surface area (Å²) in [4.78, 5) is 17.7. The van der Waals surface area contributed by atoms with Crippen LogP contribution in [0, 0.1) is 0 Å². The van der Waals surface area contributed by atoms with Gasteiger partial charge in [0.2, 0.25) is 5.91 Å². The molecule has 0 bridgehead atoms. The summed E-state index contributed by atoms with van der Waals surface area (Å²) in [5, 5.41) is 3.18. The number of piperazine rings is 1. The molecule has 1 fully saturated rings. The Kier molecular flexibility index (Phi) is 8.53. The third kappa shape index (κ3) is 5.81. The van der Waals surface area contributed by atoms with E-state index >= 15 is 0 Å². The Morgan fingerprint density at radius 1 is 1.03 bits per heavy atom. The van der Waals surface area contributed by atoms with Crippen LogP contribution >= 0.6 is 0 Å². The van der Waals surface area contributed by atoms with Gasteiger partial charge in [-0.05, 0) is 49.1 Å². The van der Waals surface area contributed by atoms with Gasteiger partial charge in [-0.2, -0.15) is 0 Å². The van der Waals surface area contributed by atoms with Crippen LogP contribution in [0.4, 0.5) is 5.69 Å². The fraction of sp³-hybridized carbons (Fsp3) is 0.500. The number of rotatable bonds is 9. The fourth-order valence-electron chi connectivity index (χ4n) is 4.22. The lowest BCUT2D eigenvalue weighted by Crippen LogP contribution is -2.52. The summed E-state index contributed by atoms with van der Waals surface area (Å²) in [5.41, 5.74) is 3.25. The molecule has 0 spiro atoms. The molecule has 1 heterocycles. The molecule has 174 valence electrons. The van der Waals surface area contributed by atoms with Crippen LogP contribution in [0.1, 0.15) is 44.2 Å². The quantitative estimate of drug-likeness (QED) is 0.629. The number of methoxy groups -OCH3 is 2. The number of para-hydroxylation sites is 1. The zero-order valence-corrected chi connectivity index (χ0v) is 20.1. The normalized spacial score (nSPS) is 16.9. The predicted octanol–water partition coefficient (Wildman–Crippen LogP) is 4.36. The number of amides is 1. The molecule has 1 amide bonds. The fourth-order valence-corrected chi connectivity index (χ4v) is 4.22. The zero-order valence-electron chi connectivity index (χ0n) is 20.1. The van der Waals surface area contributed by atoms with E-state index in [4.69, 9.17) is 9.47 Å². The Morgan fingerprint density at radius 2 is 1.75 bits per heavy atom. The van der Waals surface area contributed by atoms with Gasteiger partial charge < -0.3 is 14.8 Å². The Morgan fingerprint density at radius 3 is 2.41 bits per heavy atom. The van der Waals surface area contributed by atoms with Crippen molar-refractivity contribution in [1.82, 2.24) is 9.80 Å². The summed E-state index contributed by atoms with van der Waals surface area (Å²) in [6, 6.07) is 13.9. The standard InChI is InChI=1S/C26H37N3O3/c1-6-19(2)23-9-7-8-10-24(23)27-26(30)20(3)29-15-13-28(14-16-29)18-21-17-22(31-4)11-12-25(21)32-5/h7-12,17,19-20H,6,13-16,18H2,1-5H3,(H,27,30)/t19-,20-/m0/s1. The van der Waals surface area contributed by atoms with Crippen LogP contribution in [0.25, 0.3) is 0 Å². The lowest BCUT2D eigenvalue weighted by molar-refractivity contribution is -0.121. The van der Waals surface area contributed by atoms with Crippen LogP contribution in [0.5, 0.6) is 11.5 Å². The minimum Gasteiger partial charge on any atom is -0.497 e. The highest BCUT2D eigenvalue weighted by Gasteiger charge is 2.26. The van der Waals surface area contributed by atoms with Gasteiger partial charge in [0, 0.05) is 44.0 Å². The van der Waals surface area contributed by atoms with E-state index in [0.717, 1.165) is 61.9 Å². The van der Waals surface area contributed by atoms with Crippen molar-refractivity contribution in [3.8, 4) is 11.5 Å². The summed E-state index contributed by atoms with van der Waals surface area (Å²) < 4.78 is 10.9. The molecule has 1 saturated heterocycles. The lowest BCUT2D eigenvalue weighted by Gasteiger charge is -2.37. The van der Waals surface area contributed by atoms with Crippen molar-refractivity contribution in [3.63, 3.8) is 0 Å². The minimum atomic E-state index is -0.173. The van der Waals surface area contributed by atoms with Gasteiger partial charge in [0.05, 0.1) is 20.3 Å². The Hall–Kier alpha value is -2.57. The van der Waals surface area contributed by atoms with Crippen molar-refractivity contribution in [2.24, 2.45) is 0 Å². The summed E-state index contributed by atoms with van der Waals surface area (Å²) in [6.07, 6.45) is 1.04. The smallest absolute Gasteiger partial charge is 0.241 e. The number of hydrogen-bond donors (Lipinski definition) is 1. The lowest BCUT2D eigenvalue weighted by atomic mass is 9.97. The molecule has 1 N–H and O–H groups in total. The molecule has 0 radical (unpaired) electrons. The first-order valence-corrected chi connectivity index (χ1v) is 11.5. The molecular formula is C26H37N3O3. The van der Waals surface area contributed by atoms with Crippen LogP contribution in [0.2, 0.25) is 0 Å². The molecule has 6 heteroatoms. The van der Waals surface area contributed by atoms with E-state index in [0.29, 0.717) is 5.92 Å². The average Bonchev–Trinajstić information content (AvgIpc) is 2.83. The van der Waals surface area contributed by atoms with Gasteiger partial charge in [-0.3, -0.25) is 14.6 Å². The average molecular weight is 440 g/mol. The van der Waals surface area contributed by atoms with E-state index in [1.807, 2.05) is 43.3 Å². The molecule has 6 nitrogen and oxygen atoms in total. The van der Waals surface area contributed by atoms with Crippen LogP contribution in [0.15, 0.2) is 42.5 Å². The van der Waals surface area contributed by atoms with Crippen LogP contribution < -0.4 is 14.8 Å². The highest BCUT2D eigenvalue weighted by molar-refractivity contribution is 5.95. The molecule has 2 aromatic rings. The van der Waals surface area contributed by atoms with Crippen molar-refractivity contribution in [3.05, 3.63) is 53.6 Å². The second kappa shape index (κ2) is 11.3. The van der Waals surface area contributed by atoms with Crippen LogP contribution in [0.3, 0.4) is 0 Å². The molecule has 1 aliphatic heterocycles. The molecule has 1 aliphatic rings. The first-order valence-electron chi connectivity index (χ1n) is 11.5. The van der Waals surface area contributed by atoms with E-state index in [1.54, 1.807) is 14.2 Å². The SMILES string of the molecule is CC[C@H](C)c1ccccc1NC(=O)[C@H](C)N1CCN(Cc2cc(OC)ccc2OC)CC1. The molecule has 0 saturated carbocycles. The van der Waals surface area contributed by atoms with Gasteiger partial charge >= 0.3 is 0 Å². The van der Waals surface area contributed by atoms with Crippen LogP contribution in [-0.2, 0) is 11.3 Å². The van der Waals surface area contributed by atoms with Gasteiger partial charge in [0.1, 0.15) is 11.5 Å². The van der Waals surface area contributed by atoms with Gasteiger partial charge in [-0.15, -0.1) is 0 Å². The summed E-state index contributed by atoms with van der Waals surface area (Å²) in [5.74, 6) is 2.19. The van der Waals surface area contributed by atoms with E-state index < -0.39 is 0 Å². The Bertz CT molecular complexity index is 894. The molecule has 0 unspecified atom stereocenters. The van der Waals surface area contributed by atoms with Gasteiger partial charge in [-0.25, -0.2) is 0 Å². The second-order valence-electron chi connectivity index (χ2n) is 8.55. The maximum Gasteiger partial charge on any atom is 0.241 e. The number of hydrogen-bond acceptors (Lipinski definition) is 5. The topological polar surface area (TPSA) is 54.0 Å². The maximum absolute atomic E-state index is 13.0. The van der Waals surface area contributed by atoms with E-state index in [9.17, 15) is 4.79 Å². The molecule has 0 aromatic heterocycles. The number of benzene rings is 2. The van der Waals surface area contributed by atoms with Gasteiger partial charge in [-0.1, -0.05) is 32.0 Å². The van der Waals surface area contributed by atoms with E-state index in [2.05, 4.69) is 35.0 Å². The molecular weight excluding hydrogens is 402 g/mol. The molecule has 0 aliphatic carbocycles. The third-order valence-electron chi connectivity index (χ3n) is 6.58. The maximum atomic E-state index is 13.0. The van der Waals surface area contributed by atoms with Gasteiger partial charge in [0.15, 0.2) is 0 Å². The number of ether oxygens (including phenoxy) is 2. The Balaban J connectivity index is 1.57. The number of carbonyl (C=O) groups is 1. The van der Waals surface area contributed by atoms with Crippen molar-refractivity contribution in [2.45, 2.75) is 45.7 Å². The van der Waals surface area contributed by atoms with Crippen molar-refractivity contribution < 1.29 is 14.3 Å². The minimum absolute atomic E-state index is 0.0590. The number of nitrogens with one attached hydrogen (secondary N) is 1. The van der Waals surface area contributed by atoms with E-state index in [1.165, 1.54) is 5.56 Å². The number of carbonyl (C=O) groups excluding carboxylic acids is 1. The van der Waals surface area contributed by atoms with Crippen LogP contribution in [-0.4, -0.2) is 62.1 Å². The number of nitrogens with zero attached hydrogens (tertiary/aromatic N) is 2. The second-order valence-corrected chi connectivity index (χ2v) is 8.55. The highest BCUT2D eigenvalue weighted by atomic mass is 16.5. The molecule has 2 aromatic carbocycles. The third-order valence-corrected chi connectivity index (χ3v) is 6.58. The van der Waals surface area contributed by atoms with Crippen molar-refractivity contribution >= 4 is 11.6 Å². The zero-order chi connectivity index (χ0) is 23.1. The van der Waals surface area contributed by atoms with Crippen molar-refractivity contribution in [2.75, 3.05) is 45.7 Å². The van der Waals surface area contributed by atoms with E-state index in [-0.39, 0.29) is 11.9 Å². The molecule has 32 heavy (non-hydrogen) atoms. The largest absolute Gasteiger partial charge is 0.497 e. The Labute approximate surface area is 192 Å².